The summed E-state index contributed by atoms with van der Waals surface area (Å²) >= 11 is 0. The predicted octanol–water partition coefficient (Wildman–Crippen LogP) is 6.77. The van der Waals surface area contributed by atoms with Crippen molar-refractivity contribution in [1.29, 1.82) is 0 Å². The van der Waals surface area contributed by atoms with Crippen molar-refractivity contribution in [2.75, 3.05) is 6.16 Å². The van der Waals surface area contributed by atoms with Gasteiger partial charge in [-0.3, -0.25) is 0 Å². The van der Waals surface area contributed by atoms with Crippen LogP contribution in [0.2, 0.25) is 0 Å². The topological polar surface area (TPSA) is 37.3 Å². The second-order valence-corrected chi connectivity index (χ2v) is 10.9. The van der Waals surface area contributed by atoms with Gasteiger partial charge in [-0.2, -0.15) is 0 Å². The molecule has 1 unspecified atom stereocenters. The van der Waals surface area contributed by atoms with E-state index in [0.29, 0.717) is 12.0 Å². The van der Waals surface area contributed by atoms with Crippen LogP contribution in [0, 0.1) is 0 Å². The summed E-state index contributed by atoms with van der Waals surface area (Å²) < 4.78 is 0. The smallest absolute Gasteiger partial charge is 0.332 e. The molecule has 1 saturated heterocycles. The molecule has 0 aromatic heterocycles. The predicted molar refractivity (Wildman–Crippen MR) is 141 cm³/mol. The molecule has 1 atom stereocenters. The molecule has 1 aliphatic rings. The number of allylic oxidation sites excluding steroid dienone is 1. The second kappa shape index (κ2) is 9.79. The SMILES string of the molecule is O=C(O)C(Cc1ccccc1)=C1P(c2ccccc2)CCC1(c1ccccc1)c1ccccc1. The molecule has 168 valence electrons. The average Bonchev–Trinajstić information content (AvgIpc) is 3.30. The molecule has 4 aromatic carbocycles. The van der Waals surface area contributed by atoms with E-state index in [9.17, 15) is 9.90 Å². The Morgan fingerprint density at radius 3 is 1.68 bits per heavy atom. The molecule has 0 saturated carbocycles. The molecule has 1 aliphatic heterocycles. The van der Waals surface area contributed by atoms with Gasteiger partial charge in [0, 0.05) is 17.4 Å². The lowest BCUT2D eigenvalue weighted by molar-refractivity contribution is -0.132. The van der Waals surface area contributed by atoms with Crippen LogP contribution in [-0.4, -0.2) is 17.2 Å². The zero-order valence-electron chi connectivity index (χ0n) is 19.0. The molecule has 5 rings (SSSR count). The van der Waals surface area contributed by atoms with Crippen molar-refractivity contribution in [2.45, 2.75) is 18.3 Å². The highest BCUT2D eigenvalue weighted by molar-refractivity contribution is 7.70. The molecular weight excluding hydrogens is 435 g/mol. The van der Waals surface area contributed by atoms with E-state index in [0.717, 1.165) is 23.5 Å². The molecule has 1 fully saturated rings. The summed E-state index contributed by atoms with van der Waals surface area (Å²) in [5, 5.41) is 13.0. The maximum Gasteiger partial charge on any atom is 0.332 e. The zero-order chi connectivity index (χ0) is 23.4. The third-order valence-corrected chi connectivity index (χ3v) is 9.54. The van der Waals surface area contributed by atoms with E-state index >= 15 is 0 Å². The molecule has 34 heavy (non-hydrogen) atoms. The highest BCUT2D eigenvalue weighted by Crippen LogP contribution is 2.65. The maximum atomic E-state index is 13.0. The number of benzene rings is 4. The molecule has 4 aromatic rings. The third kappa shape index (κ3) is 4.11. The summed E-state index contributed by atoms with van der Waals surface area (Å²) in [6, 6.07) is 41.5. The third-order valence-electron chi connectivity index (χ3n) is 6.75. The number of rotatable bonds is 6. The molecule has 2 nitrogen and oxygen atoms in total. The Balaban J connectivity index is 1.83. The Bertz CT molecular complexity index is 1240. The molecule has 0 bridgehead atoms. The quantitative estimate of drug-likeness (QED) is 0.254. The van der Waals surface area contributed by atoms with Crippen LogP contribution in [0.5, 0.6) is 0 Å². The van der Waals surface area contributed by atoms with Gasteiger partial charge in [0.15, 0.2) is 0 Å². The monoisotopic (exact) mass is 462 g/mol. The highest BCUT2D eigenvalue weighted by atomic mass is 31.1. The van der Waals surface area contributed by atoms with Crippen LogP contribution in [0.3, 0.4) is 0 Å². The maximum absolute atomic E-state index is 13.0. The fraction of sp³-hybridized carbons (Fsp3) is 0.129. The van der Waals surface area contributed by atoms with Crippen LogP contribution in [0.4, 0.5) is 0 Å². The summed E-state index contributed by atoms with van der Waals surface area (Å²) in [6.45, 7) is 0. The van der Waals surface area contributed by atoms with Crippen molar-refractivity contribution < 1.29 is 9.90 Å². The van der Waals surface area contributed by atoms with E-state index < -0.39 is 19.3 Å². The van der Waals surface area contributed by atoms with Crippen molar-refractivity contribution in [1.82, 2.24) is 0 Å². The molecule has 0 amide bonds. The minimum Gasteiger partial charge on any atom is -0.478 e. The lowest BCUT2D eigenvalue weighted by atomic mass is 9.71. The number of hydrogen-bond acceptors (Lipinski definition) is 1. The van der Waals surface area contributed by atoms with Gasteiger partial charge in [0.25, 0.3) is 0 Å². The van der Waals surface area contributed by atoms with E-state index in [1.54, 1.807) is 0 Å². The summed E-state index contributed by atoms with van der Waals surface area (Å²) in [4.78, 5) is 13.0. The summed E-state index contributed by atoms with van der Waals surface area (Å²) in [5.41, 5.74) is 3.43. The van der Waals surface area contributed by atoms with Crippen molar-refractivity contribution in [3.05, 3.63) is 149 Å². The summed E-state index contributed by atoms with van der Waals surface area (Å²) in [5.74, 6) is -0.819. The highest BCUT2D eigenvalue weighted by Gasteiger charge is 2.49. The van der Waals surface area contributed by atoms with Gasteiger partial charge >= 0.3 is 5.97 Å². The molecule has 0 aliphatic carbocycles. The summed E-state index contributed by atoms with van der Waals surface area (Å²) in [7, 11) is -0.808. The number of carboxylic acid groups (broad SMARTS) is 1. The average molecular weight is 463 g/mol. The van der Waals surface area contributed by atoms with Crippen molar-refractivity contribution >= 4 is 19.2 Å². The standard InChI is InChI=1S/C31H27O2P/c32-30(33)28(23-24-13-5-1-6-14-24)29-31(25-15-7-2-8-16-25,26-17-9-3-10-18-26)21-22-34(29)27-19-11-4-12-20-27/h1-20H,21-23H2,(H,32,33). The van der Waals surface area contributed by atoms with E-state index in [-0.39, 0.29) is 0 Å². The first-order valence-corrected chi connectivity index (χ1v) is 13.2. The fourth-order valence-electron chi connectivity index (χ4n) is 5.26. The Hall–Kier alpha value is -3.48. The van der Waals surface area contributed by atoms with E-state index in [2.05, 4.69) is 72.8 Å². The van der Waals surface area contributed by atoms with Crippen LogP contribution < -0.4 is 5.30 Å². The Morgan fingerprint density at radius 1 is 0.706 bits per heavy atom. The van der Waals surface area contributed by atoms with Crippen molar-refractivity contribution in [3.63, 3.8) is 0 Å². The van der Waals surface area contributed by atoms with E-state index in [1.807, 2.05) is 48.5 Å². The van der Waals surface area contributed by atoms with Crippen LogP contribution in [0.1, 0.15) is 23.1 Å². The van der Waals surface area contributed by atoms with Crippen LogP contribution in [0.25, 0.3) is 0 Å². The first-order chi connectivity index (χ1) is 16.7. The molecule has 0 spiro atoms. The van der Waals surface area contributed by atoms with Gasteiger partial charge in [-0.1, -0.05) is 121 Å². The Kier molecular flexibility index (Phi) is 6.43. The van der Waals surface area contributed by atoms with Gasteiger partial charge < -0.3 is 5.11 Å². The molecule has 1 N–H and O–H groups in total. The molecule has 0 radical (unpaired) electrons. The Morgan fingerprint density at radius 2 is 1.18 bits per heavy atom. The lowest BCUT2D eigenvalue weighted by Gasteiger charge is -2.35. The Labute approximate surface area is 202 Å². The fourth-order valence-corrected chi connectivity index (χ4v) is 8.42. The van der Waals surface area contributed by atoms with Gasteiger partial charge in [-0.15, -0.1) is 0 Å². The van der Waals surface area contributed by atoms with Crippen LogP contribution in [-0.2, 0) is 16.6 Å². The second-order valence-electron chi connectivity index (χ2n) is 8.67. The minimum absolute atomic E-state index is 0.415. The largest absolute Gasteiger partial charge is 0.478 e. The molecular formula is C31H27O2P. The lowest BCUT2D eigenvalue weighted by Crippen LogP contribution is -2.29. The van der Waals surface area contributed by atoms with Crippen molar-refractivity contribution in [3.8, 4) is 0 Å². The number of carbonyl (C=O) groups is 1. The van der Waals surface area contributed by atoms with Gasteiger partial charge in [-0.05, 0) is 47.8 Å². The molecule has 3 heteroatoms. The number of carboxylic acids is 1. The van der Waals surface area contributed by atoms with Crippen LogP contribution in [0.15, 0.2) is 132 Å². The number of hydrogen-bond donors (Lipinski definition) is 1. The van der Waals surface area contributed by atoms with Gasteiger partial charge in [0.2, 0.25) is 0 Å². The zero-order valence-corrected chi connectivity index (χ0v) is 19.9. The van der Waals surface area contributed by atoms with Crippen LogP contribution >= 0.6 is 7.92 Å². The first kappa shape index (κ1) is 22.3. The van der Waals surface area contributed by atoms with Crippen molar-refractivity contribution in [2.24, 2.45) is 0 Å². The van der Waals surface area contributed by atoms with Gasteiger partial charge in [0.1, 0.15) is 0 Å². The van der Waals surface area contributed by atoms with E-state index in [1.165, 1.54) is 16.4 Å². The first-order valence-electron chi connectivity index (χ1n) is 11.6. The molecule has 1 heterocycles. The number of aliphatic carboxylic acids is 1. The van der Waals surface area contributed by atoms with Gasteiger partial charge in [0.05, 0.1) is 0 Å². The van der Waals surface area contributed by atoms with E-state index in [4.69, 9.17) is 0 Å². The normalized spacial score (nSPS) is 18.4. The minimum atomic E-state index is -0.819. The summed E-state index contributed by atoms with van der Waals surface area (Å²) in [6.07, 6.45) is 2.27. The van der Waals surface area contributed by atoms with Gasteiger partial charge in [-0.25, -0.2) is 4.79 Å².